The highest BCUT2D eigenvalue weighted by molar-refractivity contribution is 5.92. The molecule has 0 aliphatic heterocycles. The van der Waals surface area contributed by atoms with Crippen LogP contribution in [-0.2, 0) is 14.4 Å². The fourth-order valence-corrected chi connectivity index (χ4v) is 1.24. The molecular weight excluding hydrogens is 232 g/mol. The Bertz CT molecular complexity index is 416. The summed E-state index contributed by atoms with van der Waals surface area (Å²) in [5, 5.41) is 0.872. The number of carbonyl (C=O) groups excluding carboxylic acids is 2. The lowest BCUT2D eigenvalue weighted by Gasteiger charge is -2.19. The van der Waals surface area contributed by atoms with E-state index in [1.807, 2.05) is 30.3 Å². The third-order valence-corrected chi connectivity index (χ3v) is 1.97. The van der Waals surface area contributed by atoms with Crippen LogP contribution in [0.2, 0.25) is 0 Å². The molecule has 0 saturated carbocycles. The minimum atomic E-state index is -0.674. The average molecular weight is 247 g/mol. The Balaban J connectivity index is 2.66. The van der Waals surface area contributed by atoms with Crippen molar-refractivity contribution in [2.45, 2.75) is 13.2 Å². The van der Waals surface area contributed by atoms with Crippen LogP contribution < -0.4 is 5.73 Å². The van der Waals surface area contributed by atoms with Crippen LogP contribution in [0.4, 0.5) is 0 Å². The largest absolute Gasteiger partial charge is 0.304 e. The first-order valence-corrected chi connectivity index (χ1v) is 5.45. The fraction of sp³-hybridized carbons (Fsp3) is 0.231. The number of hydrogen-bond donors (Lipinski definition) is 1. The summed E-state index contributed by atoms with van der Waals surface area (Å²) >= 11 is 0. The first-order valence-electron chi connectivity index (χ1n) is 5.45. The molecule has 0 saturated heterocycles. The van der Waals surface area contributed by atoms with E-state index in [9.17, 15) is 9.59 Å². The number of hydrogen-bond acceptors (Lipinski definition) is 4. The van der Waals surface area contributed by atoms with Crippen molar-refractivity contribution in [1.29, 1.82) is 0 Å². The molecule has 0 bridgehead atoms. The van der Waals surface area contributed by atoms with E-state index in [2.05, 4.69) is 0 Å². The average Bonchev–Trinajstić information content (AvgIpc) is 2.36. The lowest BCUT2D eigenvalue weighted by molar-refractivity contribution is -0.192. The minimum Gasteiger partial charge on any atom is -0.304 e. The van der Waals surface area contributed by atoms with Gasteiger partial charge in [-0.25, -0.2) is 5.06 Å². The predicted molar refractivity (Wildman–Crippen MR) is 67.6 cm³/mol. The van der Waals surface area contributed by atoms with Crippen LogP contribution in [0.3, 0.4) is 0 Å². The number of nitrogens with zero attached hydrogens (tertiary/aromatic N) is 1. The first kappa shape index (κ1) is 14.1. The van der Waals surface area contributed by atoms with Gasteiger partial charge in [-0.2, -0.15) is 0 Å². The van der Waals surface area contributed by atoms with Crippen molar-refractivity contribution in [3.05, 3.63) is 42.0 Å². The Kier molecular flexibility index (Phi) is 5.76. The maximum Gasteiger partial charge on any atom is 0.270 e. The first-order chi connectivity index (χ1) is 8.63. The van der Waals surface area contributed by atoms with Gasteiger partial charge in [-0.05, 0) is 18.6 Å². The zero-order valence-electron chi connectivity index (χ0n) is 10.1. The Hall–Kier alpha value is -1.98. The zero-order valence-corrected chi connectivity index (χ0v) is 10.1. The molecule has 0 aromatic heterocycles. The number of benzene rings is 1. The third-order valence-electron chi connectivity index (χ3n) is 1.97. The van der Waals surface area contributed by atoms with Gasteiger partial charge in [-0.1, -0.05) is 30.3 Å². The highest BCUT2D eigenvalue weighted by Crippen LogP contribution is 2.02. The van der Waals surface area contributed by atoms with E-state index in [4.69, 9.17) is 10.6 Å². The molecule has 95 valence electrons. The van der Waals surface area contributed by atoms with Crippen LogP contribution in [-0.4, -0.2) is 30.0 Å². The van der Waals surface area contributed by atoms with Gasteiger partial charge >= 0.3 is 0 Å². The third kappa shape index (κ3) is 4.90. The Morgan fingerprint density at radius 1 is 1.50 bits per heavy atom. The Labute approximate surface area is 106 Å². The van der Waals surface area contributed by atoms with Gasteiger partial charge in [-0.15, -0.1) is 0 Å². The van der Waals surface area contributed by atoms with Crippen LogP contribution in [0.1, 0.15) is 12.5 Å². The van der Waals surface area contributed by atoms with Gasteiger partial charge in [0.2, 0.25) is 6.29 Å². The van der Waals surface area contributed by atoms with Crippen LogP contribution in [0.15, 0.2) is 36.4 Å². The molecule has 0 aliphatic rings. The molecule has 1 amide bonds. The monoisotopic (exact) mass is 247 g/mol. The second kappa shape index (κ2) is 7.37. The van der Waals surface area contributed by atoms with E-state index in [0.717, 1.165) is 10.6 Å². The molecule has 1 unspecified atom stereocenters. The molecule has 1 aromatic rings. The number of carbonyl (C=O) groups is 1. The summed E-state index contributed by atoms with van der Waals surface area (Å²) in [7, 11) is 0. The molecule has 1 radical (unpaired) electrons. The summed E-state index contributed by atoms with van der Waals surface area (Å²) in [5.74, 6) is -0.459. The van der Waals surface area contributed by atoms with Gasteiger partial charge in [0.25, 0.3) is 5.91 Å². The lowest BCUT2D eigenvalue weighted by Crippen LogP contribution is -2.37. The molecule has 0 aliphatic carbocycles. The van der Waals surface area contributed by atoms with Crippen LogP contribution >= 0.6 is 0 Å². The maximum absolute atomic E-state index is 11.7. The molecule has 2 N–H and O–H groups in total. The molecule has 0 fully saturated rings. The Morgan fingerprint density at radius 3 is 2.72 bits per heavy atom. The second-order valence-electron chi connectivity index (χ2n) is 3.57. The maximum atomic E-state index is 11.7. The van der Waals surface area contributed by atoms with E-state index in [1.165, 1.54) is 6.08 Å². The number of hydroxylamine groups is 2. The summed E-state index contributed by atoms with van der Waals surface area (Å²) < 4.78 is 0. The standard InChI is InChI=1S/C13H15N2O3/c1-11(14)18-15(9-10-16)13(17)8-7-12-5-3-2-4-6-12/h2-8,11H,9,14H2,1H3/b8-7+. The topological polar surface area (TPSA) is 72.6 Å². The molecule has 1 rings (SSSR count). The van der Waals surface area contributed by atoms with Crippen molar-refractivity contribution in [2.75, 3.05) is 6.54 Å². The number of rotatable bonds is 6. The van der Waals surface area contributed by atoms with Crippen molar-refractivity contribution in [3.63, 3.8) is 0 Å². The molecule has 1 aromatic carbocycles. The molecular formula is C13H15N2O3. The second-order valence-corrected chi connectivity index (χ2v) is 3.57. The number of amides is 1. The summed E-state index contributed by atoms with van der Waals surface area (Å²) in [6.45, 7) is 1.28. The SMILES string of the molecule is CC(N)ON(C[C]=O)C(=O)/C=C/c1ccccc1. The van der Waals surface area contributed by atoms with Crippen LogP contribution in [0.5, 0.6) is 0 Å². The van der Waals surface area contributed by atoms with Gasteiger partial charge in [0.05, 0.1) is 0 Å². The highest BCUT2D eigenvalue weighted by Gasteiger charge is 2.13. The lowest BCUT2D eigenvalue weighted by atomic mass is 10.2. The van der Waals surface area contributed by atoms with Crippen LogP contribution in [0.25, 0.3) is 6.08 Å². The molecule has 18 heavy (non-hydrogen) atoms. The summed E-state index contributed by atoms with van der Waals surface area (Å²) in [4.78, 5) is 27.0. The predicted octanol–water partition coefficient (Wildman–Crippen LogP) is 0.874. The minimum absolute atomic E-state index is 0.278. The van der Waals surface area contributed by atoms with E-state index in [0.29, 0.717) is 0 Å². The van der Waals surface area contributed by atoms with E-state index in [1.54, 1.807) is 19.3 Å². The van der Waals surface area contributed by atoms with Crippen molar-refractivity contribution >= 4 is 18.3 Å². The molecule has 0 spiro atoms. The van der Waals surface area contributed by atoms with E-state index < -0.39 is 12.1 Å². The zero-order chi connectivity index (χ0) is 13.4. The smallest absolute Gasteiger partial charge is 0.270 e. The van der Waals surface area contributed by atoms with Gasteiger partial charge in [0.15, 0.2) is 0 Å². The summed E-state index contributed by atoms with van der Waals surface area (Å²) in [6, 6.07) is 9.31. The van der Waals surface area contributed by atoms with Crippen molar-refractivity contribution in [1.82, 2.24) is 5.06 Å². The quantitative estimate of drug-likeness (QED) is 0.460. The van der Waals surface area contributed by atoms with Gasteiger partial charge < -0.3 is 5.73 Å². The van der Waals surface area contributed by atoms with Crippen molar-refractivity contribution in [2.24, 2.45) is 5.73 Å². The van der Waals surface area contributed by atoms with Crippen molar-refractivity contribution < 1.29 is 14.4 Å². The van der Waals surface area contributed by atoms with Gasteiger partial charge in [0, 0.05) is 6.08 Å². The molecule has 5 nitrogen and oxygen atoms in total. The van der Waals surface area contributed by atoms with E-state index in [-0.39, 0.29) is 6.54 Å². The highest BCUT2D eigenvalue weighted by atomic mass is 16.7. The summed E-state index contributed by atoms with van der Waals surface area (Å²) in [5.41, 5.74) is 6.28. The normalized spacial score (nSPS) is 12.3. The molecule has 5 heteroatoms. The summed E-state index contributed by atoms with van der Waals surface area (Å²) in [6.07, 6.45) is 3.86. The van der Waals surface area contributed by atoms with E-state index >= 15 is 0 Å². The van der Waals surface area contributed by atoms with Gasteiger partial charge in [0.1, 0.15) is 12.8 Å². The van der Waals surface area contributed by atoms with Gasteiger partial charge in [-0.3, -0.25) is 14.4 Å². The van der Waals surface area contributed by atoms with Crippen molar-refractivity contribution in [3.8, 4) is 0 Å². The molecule has 0 heterocycles. The Morgan fingerprint density at radius 2 is 2.17 bits per heavy atom. The molecule has 1 atom stereocenters. The van der Waals surface area contributed by atoms with Crippen LogP contribution in [0, 0.1) is 0 Å². The number of nitrogens with two attached hydrogens (primary N) is 1. The fourth-order valence-electron chi connectivity index (χ4n) is 1.24.